The van der Waals surface area contributed by atoms with Crippen LogP contribution in [0.5, 0.6) is 0 Å². The molecule has 0 aromatic carbocycles. The monoisotopic (exact) mass is 841 g/mol. The molecule has 7 nitrogen and oxygen atoms in total. The number of aryl methyl sites for hydroxylation is 1. The quantitative estimate of drug-likeness (QED) is 0.0692. The number of ether oxygens (including phenoxy) is 1. The third-order valence-electron chi connectivity index (χ3n) is 12.6. The summed E-state index contributed by atoms with van der Waals surface area (Å²) in [5, 5.41) is 2.52. The number of halogens is 1. The normalized spacial score (nSPS) is 17.5. The van der Waals surface area contributed by atoms with E-state index in [0.29, 0.717) is 25.1 Å². The van der Waals surface area contributed by atoms with Crippen molar-refractivity contribution in [2.45, 2.75) is 202 Å². The number of nitrogens with zero attached hydrogens (tertiary/aromatic N) is 1. The standard InChI is InChI=1S/C43H80FNO6SSi3/c1-30(22-23-36(49-53(16,17)40(5,6)7)35(44)28-34-29-52-33(4)45-34)25-27-48-32(3)38(51-55(20,21)42(11,12)13)31(2)39(47)43(14,15)37(24-26-46)50-54(18,19)41(8,9)10/h22,26,28-29,31-32,36-38H,23-25,27H2,1-21H3/b30-22-,35-28+/t31-,32-,36+,37+,38+/m1/s1. The molecule has 0 aliphatic heterocycles. The summed E-state index contributed by atoms with van der Waals surface area (Å²) in [6.07, 6.45) is 3.46. The fraction of sp³-hybridized carbons (Fsp3) is 0.791. The van der Waals surface area contributed by atoms with Gasteiger partial charge in [0.1, 0.15) is 24.0 Å². The highest BCUT2D eigenvalue weighted by molar-refractivity contribution is 7.09. The van der Waals surface area contributed by atoms with Gasteiger partial charge in [0.05, 0.1) is 35.6 Å². The van der Waals surface area contributed by atoms with Gasteiger partial charge in [-0.1, -0.05) is 94.7 Å². The van der Waals surface area contributed by atoms with Crippen LogP contribution in [-0.2, 0) is 27.6 Å². The second kappa shape index (κ2) is 19.7. The Morgan fingerprint density at radius 3 is 1.78 bits per heavy atom. The Hall–Kier alpha value is -1.13. The smallest absolute Gasteiger partial charge is 0.193 e. The summed E-state index contributed by atoms with van der Waals surface area (Å²) in [4.78, 5) is 31.0. The van der Waals surface area contributed by atoms with Crippen molar-refractivity contribution in [3.05, 3.63) is 33.6 Å². The SMILES string of the molecule is C/C(=C/C[C@H](O[Si](C)(C)C(C)(C)C)/C(F)=C\c1csc(C)n1)CCO[C@H](C)[C@@H](O[Si](C)(C)C(C)(C)C)[C@@H](C)C(=O)C(C)(C)[C@H](CC=O)O[Si](C)(C)C(C)(C)C. The molecule has 0 amide bonds. The van der Waals surface area contributed by atoms with Crippen molar-refractivity contribution in [3.63, 3.8) is 0 Å². The van der Waals surface area contributed by atoms with Gasteiger partial charge in [0, 0.05) is 23.1 Å². The molecular formula is C43H80FNO6SSi3. The van der Waals surface area contributed by atoms with E-state index in [0.717, 1.165) is 16.9 Å². The molecule has 0 bridgehead atoms. The number of aldehydes is 1. The molecule has 0 saturated carbocycles. The predicted octanol–water partition coefficient (Wildman–Crippen LogP) is 12.9. The first-order valence-electron chi connectivity index (χ1n) is 20.2. The number of thiazole rings is 1. The van der Waals surface area contributed by atoms with E-state index in [1.807, 2.05) is 46.9 Å². The van der Waals surface area contributed by atoms with Gasteiger partial charge in [0.25, 0.3) is 0 Å². The predicted molar refractivity (Wildman–Crippen MR) is 239 cm³/mol. The van der Waals surface area contributed by atoms with Gasteiger partial charge in [0.2, 0.25) is 0 Å². The fourth-order valence-electron chi connectivity index (χ4n) is 5.47. The Morgan fingerprint density at radius 1 is 0.836 bits per heavy atom. The van der Waals surface area contributed by atoms with E-state index in [2.05, 4.69) is 113 Å². The maximum Gasteiger partial charge on any atom is 0.193 e. The highest BCUT2D eigenvalue weighted by Crippen LogP contribution is 2.44. The first kappa shape index (κ1) is 51.9. The summed E-state index contributed by atoms with van der Waals surface area (Å²) in [5.74, 6) is -0.831. The number of carbonyl (C=O) groups is 2. The summed E-state index contributed by atoms with van der Waals surface area (Å²) < 4.78 is 42.8. The van der Waals surface area contributed by atoms with Crippen molar-refractivity contribution in [1.82, 2.24) is 4.98 Å². The van der Waals surface area contributed by atoms with Gasteiger partial charge in [-0.2, -0.15) is 0 Å². The van der Waals surface area contributed by atoms with E-state index in [1.165, 1.54) is 17.4 Å². The topological polar surface area (TPSA) is 84.0 Å². The van der Waals surface area contributed by atoms with E-state index < -0.39 is 54.6 Å². The highest BCUT2D eigenvalue weighted by atomic mass is 32.1. The number of rotatable bonds is 21. The molecule has 0 fully saturated rings. The fourth-order valence-corrected chi connectivity index (χ4v) is 10.2. The molecule has 0 N–H and O–H groups in total. The maximum absolute atomic E-state index is 15.9. The van der Waals surface area contributed by atoms with Crippen molar-refractivity contribution in [2.75, 3.05) is 6.61 Å². The maximum atomic E-state index is 15.9. The molecule has 1 rings (SSSR count). The van der Waals surface area contributed by atoms with E-state index in [-0.39, 0.29) is 39.2 Å². The lowest BCUT2D eigenvalue weighted by Gasteiger charge is -2.46. The van der Waals surface area contributed by atoms with Crippen molar-refractivity contribution < 1.29 is 32.0 Å². The zero-order valence-electron chi connectivity index (χ0n) is 38.7. The molecule has 0 radical (unpaired) electrons. The molecular weight excluding hydrogens is 762 g/mol. The van der Waals surface area contributed by atoms with E-state index >= 15 is 4.39 Å². The molecule has 55 heavy (non-hydrogen) atoms. The summed E-state index contributed by atoms with van der Waals surface area (Å²) in [5.41, 5.74) is 0.745. The minimum atomic E-state index is -2.34. The van der Waals surface area contributed by atoms with Gasteiger partial charge in [-0.15, -0.1) is 11.3 Å². The second-order valence-corrected chi connectivity index (χ2v) is 36.1. The first-order chi connectivity index (χ1) is 24.6. The van der Waals surface area contributed by atoms with Crippen LogP contribution in [0.2, 0.25) is 54.4 Å². The summed E-state index contributed by atoms with van der Waals surface area (Å²) >= 11 is 1.50. The molecule has 0 saturated heterocycles. The Bertz CT molecular complexity index is 1470. The van der Waals surface area contributed by atoms with Crippen LogP contribution in [0.4, 0.5) is 4.39 Å². The zero-order chi connectivity index (χ0) is 43.2. The van der Waals surface area contributed by atoms with Crippen LogP contribution < -0.4 is 0 Å². The first-order valence-corrected chi connectivity index (χ1v) is 29.8. The van der Waals surface area contributed by atoms with Crippen molar-refractivity contribution in [2.24, 2.45) is 11.3 Å². The average Bonchev–Trinajstić information content (AvgIpc) is 3.42. The summed E-state index contributed by atoms with van der Waals surface area (Å²) in [7, 11) is -6.91. The molecule has 1 heterocycles. The van der Waals surface area contributed by atoms with E-state index in [4.69, 9.17) is 18.0 Å². The molecule has 1 aromatic heterocycles. The third kappa shape index (κ3) is 14.9. The average molecular weight is 842 g/mol. The Morgan fingerprint density at radius 2 is 1.33 bits per heavy atom. The van der Waals surface area contributed by atoms with Crippen molar-refractivity contribution in [3.8, 4) is 0 Å². The lowest BCUT2D eigenvalue weighted by molar-refractivity contribution is -0.143. The van der Waals surface area contributed by atoms with Crippen LogP contribution in [0.3, 0.4) is 0 Å². The molecule has 0 aliphatic rings. The molecule has 12 heteroatoms. The van der Waals surface area contributed by atoms with Gasteiger partial charge >= 0.3 is 0 Å². The van der Waals surface area contributed by atoms with Gasteiger partial charge in [-0.05, 0) is 94.1 Å². The number of hydrogen-bond donors (Lipinski definition) is 0. The highest BCUT2D eigenvalue weighted by Gasteiger charge is 2.49. The van der Waals surface area contributed by atoms with Crippen LogP contribution in [-0.4, -0.2) is 73.0 Å². The van der Waals surface area contributed by atoms with Crippen molar-refractivity contribution >= 4 is 54.4 Å². The number of Topliss-reactive ketones (excluding diaryl/α,β-unsaturated/α-hetero) is 1. The Balaban J connectivity index is 3.33. The number of hydrogen-bond acceptors (Lipinski definition) is 8. The minimum Gasteiger partial charge on any atom is -0.413 e. The lowest BCUT2D eigenvalue weighted by atomic mass is 9.74. The molecule has 0 unspecified atom stereocenters. The summed E-state index contributed by atoms with van der Waals surface area (Å²) in [6, 6.07) is 0. The minimum absolute atomic E-state index is 0.00367. The van der Waals surface area contributed by atoms with Crippen LogP contribution in [0.1, 0.15) is 127 Å². The van der Waals surface area contributed by atoms with Crippen LogP contribution >= 0.6 is 11.3 Å². The largest absolute Gasteiger partial charge is 0.413 e. The Kier molecular flexibility index (Phi) is 18.6. The van der Waals surface area contributed by atoms with Gasteiger partial charge in [0.15, 0.2) is 25.0 Å². The van der Waals surface area contributed by atoms with Gasteiger partial charge in [-0.3, -0.25) is 4.79 Å². The van der Waals surface area contributed by atoms with Crippen LogP contribution in [0, 0.1) is 18.3 Å². The van der Waals surface area contributed by atoms with Crippen LogP contribution in [0.15, 0.2) is 22.9 Å². The van der Waals surface area contributed by atoms with Gasteiger partial charge < -0.3 is 22.8 Å². The Labute approximate surface area is 343 Å². The van der Waals surface area contributed by atoms with E-state index in [9.17, 15) is 9.59 Å². The number of aromatic nitrogens is 1. The van der Waals surface area contributed by atoms with Crippen LogP contribution in [0.25, 0.3) is 6.08 Å². The van der Waals surface area contributed by atoms with E-state index in [1.54, 1.807) is 0 Å². The second-order valence-electron chi connectivity index (χ2n) is 20.8. The molecule has 1 aromatic rings. The number of ketones is 1. The lowest BCUT2D eigenvalue weighted by Crippen LogP contribution is -2.55. The molecule has 0 aliphatic carbocycles. The number of carbonyl (C=O) groups excluding carboxylic acids is 2. The molecule has 318 valence electrons. The molecule has 5 atom stereocenters. The summed E-state index contributed by atoms with van der Waals surface area (Å²) in [6.45, 7) is 44.6. The zero-order valence-corrected chi connectivity index (χ0v) is 42.5. The molecule has 0 spiro atoms. The third-order valence-corrected chi connectivity index (χ3v) is 26.9. The van der Waals surface area contributed by atoms with Gasteiger partial charge in [-0.25, -0.2) is 9.37 Å². The van der Waals surface area contributed by atoms with Crippen molar-refractivity contribution in [1.29, 1.82) is 0 Å².